The van der Waals surface area contributed by atoms with Crippen molar-refractivity contribution in [1.29, 1.82) is 0 Å². The van der Waals surface area contributed by atoms with Crippen molar-refractivity contribution in [2.75, 3.05) is 16.6 Å². The van der Waals surface area contributed by atoms with Crippen LogP contribution < -0.4 is 10.0 Å². The van der Waals surface area contributed by atoms with Crippen LogP contribution in [0.2, 0.25) is 5.02 Å². The molecule has 0 aromatic heterocycles. The Hall–Kier alpha value is -1.72. The molecule has 0 saturated heterocycles. The normalized spacial score (nSPS) is 14.3. The minimum Gasteiger partial charge on any atom is -0.397 e. The number of hydrogen-bond acceptors (Lipinski definition) is 3. The van der Waals surface area contributed by atoms with Crippen molar-refractivity contribution in [1.82, 2.24) is 0 Å². The van der Waals surface area contributed by atoms with Crippen molar-refractivity contribution in [2.45, 2.75) is 11.3 Å². The molecule has 4 nitrogen and oxygen atoms in total. The van der Waals surface area contributed by atoms with Gasteiger partial charge in [0.1, 0.15) is 4.90 Å². The van der Waals surface area contributed by atoms with Gasteiger partial charge >= 0.3 is 0 Å². The van der Waals surface area contributed by atoms with E-state index < -0.39 is 10.0 Å². The van der Waals surface area contributed by atoms with Gasteiger partial charge < -0.3 is 5.73 Å². The molecule has 2 aromatic rings. The Balaban J connectivity index is 2.15. The van der Waals surface area contributed by atoms with E-state index in [2.05, 4.69) is 0 Å². The maximum Gasteiger partial charge on any atom is 0.265 e. The second kappa shape index (κ2) is 4.68. The van der Waals surface area contributed by atoms with E-state index >= 15 is 0 Å². The van der Waals surface area contributed by atoms with Gasteiger partial charge in [0.15, 0.2) is 0 Å². The topological polar surface area (TPSA) is 63.4 Å². The first-order chi connectivity index (χ1) is 9.51. The highest BCUT2D eigenvalue weighted by Gasteiger charge is 2.33. The Morgan fingerprint density at radius 3 is 2.60 bits per heavy atom. The number of nitrogens with zero attached hydrogens (tertiary/aromatic N) is 1. The number of anilines is 2. The summed E-state index contributed by atoms with van der Waals surface area (Å²) in [5.74, 6) is 0. The molecule has 1 aliphatic rings. The Kier molecular flexibility index (Phi) is 3.11. The third kappa shape index (κ3) is 1.94. The van der Waals surface area contributed by atoms with E-state index in [-0.39, 0.29) is 9.92 Å². The van der Waals surface area contributed by atoms with E-state index in [9.17, 15) is 8.42 Å². The highest BCUT2D eigenvalue weighted by atomic mass is 35.5. The molecule has 1 aliphatic heterocycles. The lowest BCUT2D eigenvalue weighted by molar-refractivity contribution is 0.592. The Labute approximate surface area is 122 Å². The van der Waals surface area contributed by atoms with Crippen LogP contribution >= 0.6 is 11.6 Å². The van der Waals surface area contributed by atoms with E-state index in [4.69, 9.17) is 17.3 Å². The molecule has 0 fully saturated rings. The van der Waals surface area contributed by atoms with Gasteiger partial charge in [0.2, 0.25) is 0 Å². The van der Waals surface area contributed by atoms with Crippen molar-refractivity contribution in [2.24, 2.45) is 0 Å². The third-order valence-electron chi connectivity index (χ3n) is 3.39. The molecule has 104 valence electrons. The lowest BCUT2D eigenvalue weighted by atomic mass is 10.1. The summed E-state index contributed by atoms with van der Waals surface area (Å²) < 4.78 is 26.9. The Morgan fingerprint density at radius 2 is 1.85 bits per heavy atom. The number of para-hydroxylation sites is 1. The molecule has 6 heteroatoms. The zero-order chi connectivity index (χ0) is 14.3. The lowest BCUT2D eigenvalue weighted by Crippen LogP contribution is -2.29. The number of rotatable bonds is 2. The molecular formula is C14H13ClN2O2S. The van der Waals surface area contributed by atoms with Crippen molar-refractivity contribution in [3.05, 3.63) is 53.1 Å². The minimum atomic E-state index is -3.68. The predicted molar refractivity (Wildman–Crippen MR) is 80.5 cm³/mol. The molecule has 0 radical (unpaired) electrons. The number of hydrogen-bond donors (Lipinski definition) is 1. The standard InChI is InChI=1S/C14H13ClN2O2S/c15-11-5-1-2-7-13(11)20(18,19)17-9-8-10-4-3-6-12(16)14(10)17/h1-7H,8-9,16H2. The molecule has 3 rings (SSSR count). The van der Waals surface area contributed by atoms with Crippen molar-refractivity contribution in [3.63, 3.8) is 0 Å². The van der Waals surface area contributed by atoms with Crippen LogP contribution in [0.15, 0.2) is 47.4 Å². The third-order valence-corrected chi connectivity index (χ3v) is 5.69. The van der Waals surface area contributed by atoms with Crippen LogP contribution in [0.25, 0.3) is 0 Å². The van der Waals surface area contributed by atoms with Gasteiger partial charge in [-0.3, -0.25) is 4.31 Å². The average Bonchev–Trinajstić information content (AvgIpc) is 2.85. The van der Waals surface area contributed by atoms with Crippen molar-refractivity contribution >= 4 is 33.0 Å². The summed E-state index contributed by atoms with van der Waals surface area (Å²) in [4.78, 5) is 0.109. The van der Waals surface area contributed by atoms with Gasteiger partial charge in [-0.15, -0.1) is 0 Å². The fourth-order valence-electron chi connectivity index (χ4n) is 2.46. The van der Waals surface area contributed by atoms with Gasteiger partial charge in [-0.05, 0) is 30.2 Å². The largest absolute Gasteiger partial charge is 0.397 e. The minimum absolute atomic E-state index is 0.109. The summed E-state index contributed by atoms with van der Waals surface area (Å²) in [6.07, 6.45) is 0.657. The summed E-state index contributed by atoms with van der Waals surface area (Å²) >= 11 is 6.02. The maximum absolute atomic E-state index is 12.8. The van der Waals surface area contributed by atoms with E-state index in [1.807, 2.05) is 12.1 Å². The summed E-state index contributed by atoms with van der Waals surface area (Å²) in [5, 5.41) is 0.218. The molecular weight excluding hydrogens is 296 g/mol. The highest BCUT2D eigenvalue weighted by Crippen LogP contribution is 2.38. The molecule has 0 atom stereocenters. The first-order valence-electron chi connectivity index (χ1n) is 6.16. The van der Waals surface area contributed by atoms with Crippen LogP contribution in [0, 0.1) is 0 Å². The maximum atomic E-state index is 12.8. The molecule has 2 N–H and O–H groups in total. The average molecular weight is 309 g/mol. The van der Waals surface area contributed by atoms with Gasteiger partial charge in [-0.25, -0.2) is 8.42 Å². The van der Waals surface area contributed by atoms with Crippen molar-refractivity contribution < 1.29 is 8.42 Å². The van der Waals surface area contributed by atoms with Gasteiger partial charge in [-0.1, -0.05) is 35.9 Å². The summed E-state index contributed by atoms with van der Waals surface area (Å²) in [6.45, 7) is 0.386. The Morgan fingerprint density at radius 1 is 1.10 bits per heavy atom. The summed E-state index contributed by atoms with van der Waals surface area (Å²) in [7, 11) is -3.68. The SMILES string of the molecule is Nc1cccc2c1N(S(=O)(=O)c1ccccc1Cl)CC2. The van der Waals surface area contributed by atoms with Gasteiger partial charge in [0.25, 0.3) is 10.0 Å². The van der Waals surface area contributed by atoms with Crippen LogP contribution in [0.5, 0.6) is 0 Å². The summed E-state index contributed by atoms with van der Waals surface area (Å²) in [5.41, 5.74) is 7.93. The predicted octanol–water partition coefficient (Wildman–Crippen LogP) is 2.67. The zero-order valence-electron chi connectivity index (χ0n) is 10.6. The smallest absolute Gasteiger partial charge is 0.265 e. The molecule has 1 heterocycles. The monoisotopic (exact) mass is 308 g/mol. The fraction of sp³-hybridized carbons (Fsp3) is 0.143. The van der Waals surface area contributed by atoms with Crippen LogP contribution in [0.3, 0.4) is 0 Å². The molecule has 0 spiro atoms. The number of benzene rings is 2. The molecule has 2 aromatic carbocycles. The second-order valence-electron chi connectivity index (χ2n) is 4.61. The van der Waals surface area contributed by atoms with Crippen LogP contribution in [0.1, 0.15) is 5.56 Å². The number of fused-ring (bicyclic) bond motifs is 1. The summed E-state index contributed by atoms with van der Waals surface area (Å²) in [6, 6.07) is 11.9. The number of halogens is 1. The lowest BCUT2D eigenvalue weighted by Gasteiger charge is -2.21. The first-order valence-corrected chi connectivity index (χ1v) is 7.98. The van der Waals surface area contributed by atoms with Crippen molar-refractivity contribution in [3.8, 4) is 0 Å². The van der Waals surface area contributed by atoms with E-state index in [0.717, 1.165) is 5.56 Å². The van der Waals surface area contributed by atoms with Crippen LogP contribution in [-0.4, -0.2) is 15.0 Å². The molecule has 0 bridgehead atoms. The van der Waals surface area contributed by atoms with E-state index in [0.29, 0.717) is 24.3 Å². The number of nitrogens with two attached hydrogens (primary N) is 1. The molecule has 0 aliphatic carbocycles. The van der Waals surface area contributed by atoms with Gasteiger partial charge in [-0.2, -0.15) is 0 Å². The number of sulfonamides is 1. The Bertz CT molecular complexity index is 774. The van der Waals surface area contributed by atoms with E-state index in [1.54, 1.807) is 24.3 Å². The van der Waals surface area contributed by atoms with Gasteiger partial charge in [0.05, 0.1) is 16.4 Å². The number of nitrogen functional groups attached to an aromatic ring is 1. The molecule has 0 unspecified atom stereocenters. The van der Waals surface area contributed by atoms with Gasteiger partial charge in [0, 0.05) is 6.54 Å². The quantitative estimate of drug-likeness (QED) is 0.868. The van der Waals surface area contributed by atoms with Crippen LogP contribution in [-0.2, 0) is 16.4 Å². The molecule has 0 saturated carbocycles. The molecule has 20 heavy (non-hydrogen) atoms. The van der Waals surface area contributed by atoms with Crippen LogP contribution in [0.4, 0.5) is 11.4 Å². The second-order valence-corrected chi connectivity index (χ2v) is 6.85. The first kappa shape index (κ1) is 13.3. The molecule has 0 amide bonds. The highest BCUT2D eigenvalue weighted by molar-refractivity contribution is 7.93. The zero-order valence-corrected chi connectivity index (χ0v) is 12.2. The van der Waals surface area contributed by atoms with E-state index in [1.165, 1.54) is 10.4 Å². The fourth-order valence-corrected chi connectivity index (χ4v) is 4.49.